The summed E-state index contributed by atoms with van der Waals surface area (Å²) in [7, 11) is 5.66. The van der Waals surface area contributed by atoms with E-state index in [1.165, 1.54) is 0 Å². The number of likely N-dealkylation sites (tertiary alicyclic amines) is 1. The van der Waals surface area contributed by atoms with Gasteiger partial charge < -0.3 is 9.64 Å². The van der Waals surface area contributed by atoms with Gasteiger partial charge in [0.05, 0.1) is 18.3 Å². The third-order valence-electron chi connectivity index (χ3n) is 5.64. The summed E-state index contributed by atoms with van der Waals surface area (Å²) in [5.41, 5.74) is 4.48. The molecular weight excluding hydrogens is 388 g/mol. The molecule has 162 valence electrons. The van der Waals surface area contributed by atoms with Gasteiger partial charge in [-0.05, 0) is 24.9 Å². The van der Waals surface area contributed by atoms with Crippen LogP contribution in [0.4, 0.5) is 5.95 Å². The summed E-state index contributed by atoms with van der Waals surface area (Å²) in [5, 5.41) is 0. The van der Waals surface area contributed by atoms with Crippen molar-refractivity contribution in [3.8, 4) is 11.1 Å². The van der Waals surface area contributed by atoms with Gasteiger partial charge in [0, 0.05) is 63.9 Å². The van der Waals surface area contributed by atoms with Gasteiger partial charge in [-0.3, -0.25) is 4.90 Å². The van der Waals surface area contributed by atoms with Crippen molar-refractivity contribution in [1.82, 2.24) is 24.8 Å². The predicted molar refractivity (Wildman–Crippen MR) is 122 cm³/mol. The Balaban J connectivity index is 1.61. The second-order valence-corrected chi connectivity index (χ2v) is 8.11. The molecule has 1 aromatic carbocycles. The highest BCUT2D eigenvalue weighted by molar-refractivity contribution is 5.66. The lowest BCUT2D eigenvalue weighted by Gasteiger charge is -2.26. The van der Waals surface area contributed by atoms with Gasteiger partial charge in [0.15, 0.2) is 0 Å². The number of aromatic nitrogens is 4. The minimum Gasteiger partial charge on any atom is -0.384 e. The van der Waals surface area contributed by atoms with Crippen LogP contribution in [0.25, 0.3) is 11.1 Å². The number of anilines is 1. The minimum absolute atomic E-state index is 0.241. The van der Waals surface area contributed by atoms with E-state index in [0.29, 0.717) is 6.61 Å². The third kappa shape index (κ3) is 5.06. The molecule has 0 N–H and O–H groups in total. The van der Waals surface area contributed by atoms with E-state index < -0.39 is 0 Å². The van der Waals surface area contributed by atoms with Crippen molar-refractivity contribution in [3.63, 3.8) is 0 Å². The molecule has 0 spiro atoms. The first-order chi connectivity index (χ1) is 15.2. The van der Waals surface area contributed by atoms with Crippen molar-refractivity contribution in [2.75, 3.05) is 39.3 Å². The van der Waals surface area contributed by atoms with E-state index in [9.17, 15) is 0 Å². The van der Waals surface area contributed by atoms with Crippen molar-refractivity contribution < 1.29 is 4.74 Å². The molecule has 0 aliphatic carbocycles. The third-order valence-corrected chi connectivity index (χ3v) is 5.64. The second kappa shape index (κ2) is 9.94. The Kier molecular flexibility index (Phi) is 6.84. The Morgan fingerprint density at radius 2 is 1.84 bits per heavy atom. The molecule has 3 heterocycles. The van der Waals surface area contributed by atoms with Gasteiger partial charge >= 0.3 is 0 Å². The van der Waals surface area contributed by atoms with Gasteiger partial charge in [-0.2, -0.15) is 0 Å². The maximum atomic E-state index is 5.12. The van der Waals surface area contributed by atoms with Crippen LogP contribution >= 0.6 is 0 Å². The van der Waals surface area contributed by atoms with Crippen LogP contribution < -0.4 is 4.90 Å². The monoisotopic (exact) mass is 418 g/mol. The highest BCUT2D eigenvalue weighted by Gasteiger charge is 2.30. The van der Waals surface area contributed by atoms with Crippen molar-refractivity contribution in [3.05, 3.63) is 66.0 Å². The molecule has 3 aromatic rings. The topological polar surface area (TPSA) is 67.3 Å². The van der Waals surface area contributed by atoms with E-state index in [-0.39, 0.29) is 6.04 Å². The number of methoxy groups -OCH3 is 1. The SMILES string of the molecule is COCCc1ncc(CN2CCCC2c2nc(N(C)C)ncc2-c2ccccc2)cn1. The van der Waals surface area contributed by atoms with Crippen LogP contribution in [-0.4, -0.2) is 59.2 Å². The number of hydrogen-bond acceptors (Lipinski definition) is 7. The van der Waals surface area contributed by atoms with E-state index >= 15 is 0 Å². The molecule has 7 nitrogen and oxygen atoms in total. The Morgan fingerprint density at radius 1 is 1.06 bits per heavy atom. The predicted octanol–water partition coefficient (Wildman–Crippen LogP) is 3.53. The Hall–Kier alpha value is -2.90. The van der Waals surface area contributed by atoms with Gasteiger partial charge in [0.2, 0.25) is 5.95 Å². The Bertz CT molecular complexity index is 977. The number of hydrogen-bond donors (Lipinski definition) is 0. The molecule has 1 atom stereocenters. The summed E-state index contributed by atoms with van der Waals surface area (Å²) in [6, 6.07) is 10.7. The van der Waals surface area contributed by atoms with Crippen LogP contribution in [0, 0.1) is 0 Å². The summed E-state index contributed by atoms with van der Waals surface area (Å²) >= 11 is 0. The summed E-state index contributed by atoms with van der Waals surface area (Å²) in [4.78, 5) is 23.1. The molecule has 2 aromatic heterocycles. The van der Waals surface area contributed by atoms with Crippen LogP contribution in [0.1, 0.15) is 36.0 Å². The number of nitrogens with zero attached hydrogens (tertiary/aromatic N) is 6. The lowest BCUT2D eigenvalue weighted by molar-refractivity contribution is 0.200. The number of benzene rings is 1. The van der Waals surface area contributed by atoms with Gasteiger partial charge in [-0.15, -0.1) is 0 Å². The van der Waals surface area contributed by atoms with E-state index in [2.05, 4.69) is 44.1 Å². The molecular formula is C24H30N6O. The van der Waals surface area contributed by atoms with Crippen molar-refractivity contribution >= 4 is 5.95 Å². The molecule has 1 aliphatic heterocycles. The fraction of sp³-hybridized carbons (Fsp3) is 0.417. The van der Waals surface area contributed by atoms with Crippen molar-refractivity contribution in [2.24, 2.45) is 0 Å². The largest absolute Gasteiger partial charge is 0.384 e. The normalized spacial score (nSPS) is 16.5. The van der Waals surface area contributed by atoms with E-state index in [4.69, 9.17) is 9.72 Å². The maximum absolute atomic E-state index is 5.12. The fourth-order valence-corrected chi connectivity index (χ4v) is 4.04. The van der Waals surface area contributed by atoms with Crippen LogP contribution in [0.2, 0.25) is 0 Å². The summed E-state index contributed by atoms with van der Waals surface area (Å²) in [6.45, 7) is 2.48. The first-order valence-corrected chi connectivity index (χ1v) is 10.8. The maximum Gasteiger partial charge on any atom is 0.225 e. The second-order valence-electron chi connectivity index (χ2n) is 8.11. The standard InChI is InChI=1S/C24H30N6O/c1-29(2)24-27-16-20(19-8-5-4-6-9-19)23(28-24)21-10-7-12-30(21)17-18-14-25-22(26-15-18)11-13-31-3/h4-6,8-9,14-16,21H,7,10-13,17H2,1-3H3. The molecule has 1 fully saturated rings. The van der Waals surface area contributed by atoms with Crippen molar-refractivity contribution in [1.29, 1.82) is 0 Å². The van der Waals surface area contributed by atoms with E-state index in [0.717, 1.165) is 66.5 Å². The number of ether oxygens (including phenoxy) is 1. The van der Waals surface area contributed by atoms with Crippen LogP contribution in [0.5, 0.6) is 0 Å². The average molecular weight is 419 g/mol. The fourth-order valence-electron chi connectivity index (χ4n) is 4.04. The lowest BCUT2D eigenvalue weighted by atomic mass is 10.00. The van der Waals surface area contributed by atoms with Crippen LogP contribution in [-0.2, 0) is 17.7 Å². The highest BCUT2D eigenvalue weighted by Crippen LogP contribution is 2.37. The molecule has 31 heavy (non-hydrogen) atoms. The summed E-state index contributed by atoms with van der Waals surface area (Å²) < 4.78 is 5.12. The Morgan fingerprint density at radius 3 is 2.55 bits per heavy atom. The summed E-state index contributed by atoms with van der Waals surface area (Å²) in [5.74, 6) is 1.56. The van der Waals surface area contributed by atoms with Gasteiger partial charge in [-0.25, -0.2) is 19.9 Å². The number of rotatable bonds is 8. The first kappa shape index (κ1) is 21.3. The smallest absolute Gasteiger partial charge is 0.225 e. The van der Waals surface area contributed by atoms with Gasteiger partial charge in [0.1, 0.15) is 5.82 Å². The molecule has 4 rings (SSSR count). The van der Waals surface area contributed by atoms with Crippen molar-refractivity contribution in [2.45, 2.75) is 31.8 Å². The lowest BCUT2D eigenvalue weighted by Crippen LogP contribution is -2.25. The van der Waals surface area contributed by atoms with Gasteiger partial charge in [0.25, 0.3) is 0 Å². The van der Waals surface area contributed by atoms with Crippen LogP contribution in [0.15, 0.2) is 48.9 Å². The van der Waals surface area contributed by atoms with E-state index in [1.807, 2.05) is 43.7 Å². The molecule has 0 radical (unpaired) electrons. The molecule has 0 saturated carbocycles. The molecule has 0 amide bonds. The molecule has 1 saturated heterocycles. The first-order valence-electron chi connectivity index (χ1n) is 10.8. The summed E-state index contributed by atoms with van der Waals surface area (Å²) in [6.07, 6.45) is 8.81. The Labute approximate surface area is 184 Å². The van der Waals surface area contributed by atoms with E-state index in [1.54, 1.807) is 7.11 Å². The highest BCUT2D eigenvalue weighted by atomic mass is 16.5. The molecule has 7 heteroatoms. The van der Waals surface area contributed by atoms with Gasteiger partial charge in [-0.1, -0.05) is 30.3 Å². The zero-order chi connectivity index (χ0) is 21.6. The average Bonchev–Trinajstić information content (AvgIpc) is 3.26. The molecule has 0 bridgehead atoms. The zero-order valence-corrected chi connectivity index (χ0v) is 18.5. The molecule has 1 aliphatic rings. The molecule has 1 unspecified atom stereocenters. The van der Waals surface area contributed by atoms with Crippen LogP contribution in [0.3, 0.4) is 0 Å². The zero-order valence-electron chi connectivity index (χ0n) is 18.5. The quantitative estimate of drug-likeness (QED) is 0.554. The minimum atomic E-state index is 0.241.